The van der Waals surface area contributed by atoms with Crippen molar-refractivity contribution < 1.29 is 27.5 Å². The average Bonchev–Trinajstić information content (AvgIpc) is 3.37. The first-order valence-corrected chi connectivity index (χ1v) is 13.3. The van der Waals surface area contributed by atoms with E-state index >= 15 is 0 Å². The predicted octanol–water partition coefficient (Wildman–Crippen LogP) is 4.68. The molecule has 1 heterocycles. The molecule has 2 aromatic carbocycles. The number of carbonyl (C=O) groups excluding carboxylic acids is 1. The zero-order valence-electron chi connectivity index (χ0n) is 20.5. The van der Waals surface area contributed by atoms with Crippen molar-refractivity contribution in [3.05, 3.63) is 72.8 Å². The molecule has 0 saturated heterocycles. The summed E-state index contributed by atoms with van der Waals surface area (Å²) >= 11 is 0. The highest BCUT2D eigenvalue weighted by atomic mass is 32.2. The van der Waals surface area contributed by atoms with Gasteiger partial charge in [0, 0.05) is 18.7 Å². The zero-order chi connectivity index (χ0) is 26.3. The van der Waals surface area contributed by atoms with Gasteiger partial charge >= 0.3 is 6.09 Å². The second-order valence-electron chi connectivity index (χ2n) is 8.66. The van der Waals surface area contributed by atoms with Crippen molar-refractivity contribution >= 4 is 27.6 Å². The number of anilines is 1. The maximum atomic E-state index is 14.1. The molecule has 1 aromatic heterocycles. The molecule has 0 radical (unpaired) electrons. The molecule has 0 spiro atoms. The first-order chi connectivity index (χ1) is 17.2. The third-order valence-corrected chi connectivity index (χ3v) is 8.38. The van der Waals surface area contributed by atoms with Crippen molar-refractivity contribution in [1.29, 1.82) is 0 Å². The van der Waals surface area contributed by atoms with Crippen molar-refractivity contribution in [2.45, 2.75) is 32.4 Å². The van der Waals surface area contributed by atoms with Gasteiger partial charge in [-0.1, -0.05) is 69.3 Å². The molecule has 0 fully saturated rings. The molecular formula is C26H31N3O6S. The zero-order valence-corrected chi connectivity index (χ0v) is 21.3. The first-order valence-electron chi connectivity index (χ1n) is 11.8. The Balaban J connectivity index is 2.05. The van der Waals surface area contributed by atoms with Gasteiger partial charge in [-0.25, -0.2) is 18.2 Å². The van der Waals surface area contributed by atoms with Crippen molar-refractivity contribution in [2.24, 2.45) is 11.8 Å². The largest absolute Gasteiger partial charge is 0.465 e. The van der Waals surface area contributed by atoms with Crippen LogP contribution in [0.1, 0.15) is 37.9 Å². The Bertz CT molecular complexity index is 1260. The number of Topliss-reactive ketones (excluding diaryl/α,β-unsaturated/α-hetero) is 1. The maximum Gasteiger partial charge on any atom is 0.404 e. The van der Waals surface area contributed by atoms with E-state index in [1.807, 2.05) is 25.1 Å². The Kier molecular flexibility index (Phi) is 8.87. The van der Waals surface area contributed by atoms with Gasteiger partial charge in [-0.15, -0.1) is 0 Å². The van der Waals surface area contributed by atoms with Crippen LogP contribution in [-0.4, -0.2) is 48.7 Å². The number of benzene rings is 2. The lowest BCUT2D eigenvalue weighted by atomic mass is 9.90. The van der Waals surface area contributed by atoms with Crippen LogP contribution in [0.2, 0.25) is 0 Å². The van der Waals surface area contributed by atoms with Crippen LogP contribution in [0.5, 0.6) is 0 Å². The van der Waals surface area contributed by atoms with Gasteiger partial charge in [0.1, 0.15) is 0 Å². The highest BCUT2D eigenvalue weighted by Gasteiger charge is 2.45. The van der Waals surface area contributed by atoms with Crippen molar-refractivity contribution in [3.63, 3.8) is 0 Å². The summed E-state index contributed by atoms with van der Waals surface area (Å²) in [5, 5.41) is 9.75. The lowest BCUT2D eigenvalue weighted by Gasteiger charge is -2.33. The minimum Gasteiger partial charge on any atom is -0.465 e. The Morgan fingerprint density at radius 1 is 1.06 bits per heavy atom. The number of nitrogens with one attached hydrogen (secondary N) is 1. The van der Waals surface area contributed by atoms with Crippen LogP contribution < -0.4 is 9.62 Å². The number of nitrogens with zero attached hydrogens (tertiary/aromatic N) is 2. The molecule has 0 aliphatic heterocycles. The van der Waals surface area contributed by atoms with Crippen LogP contribution in [0, 0.1) is 11.8 Å². The van der Waals surface area contributed by atoms with E-state index < -0.39 is 39.0 Å². The van der Waals surface area contributed by atoms with Crippen LogP contribution in [0.3, 0.4) is 0 Å². The summed E-state index contributed by atoms with van der Waals surface area (Å²) in [5.74, 6) is -1.98. The molecule has 0 aliphatic rings. The lowest BCUT2D eigenvalue weighted by Crippen LogP contribution is -2.49. The molecule has 10 heteroatoms. The van der Waals surface area contributed by atoms with Crippen molar-refractivity contribution in [1.82, 2.24) is 10.3 Å². The summed E-state index contributed by atoms with van der Waals surface area (Å²) < 4.78 is 35.2. The molecule has 0 saturated carbocycles. The molecule has 0 bridgehead atoms. The van der Waals surface area contributed by atoms with E-state index in [0.29, 0.717) is 23.4 Å². The minimum atomic E-state index is -4.26. The van der Waals surface area contributed by atoms with Crippen molar-refractivity contribution in [2.75, 3.05) is 17.4 Å². The van der Waals surface area contributed by atoms with Gasteiger partial charge in [-0.3, -0.25) is 9.10 Å². The Morgan fingerprint density at radius 3 is 2.25 bits per heavy atom. The van der Waals surface area contributed by atoms with Gasteiger partial charge in [-0.2, -0.15) is 0 Å². The fourth-order valence-electron chi connectivity index (χ4n) is 3.96. The number of carbonyl (C=O) groups is 2. The van der Waals surface area contributed by atoms with Gasteiger partial charge in [0.05, 0.1) is 11.9 Å². The van der Waals surface area contributed by atoms with E-state index in [0.717, 1.165) is 0 Å². The molecule has 3 rings (SSSR count). The number of ketones is 1. The number of sulfonamides is 1. The van der Waals surface area contributed by atoms with Gasteiger partial charge < -0.3 is 14.8 Å². The van der Waals surface area contributed by atoms with E-state index in [1.54, 1.807) is 56.3 Å². The predicted molar refractivity (Wildman–Crippen MR) is 137 cm³/mol. The smallest absolute Gasteiger partial charge is 0.404 e. The van der Waals surface area contributed by atoms with Gasteiger partial charge in [0.2, 0.25) is 15.8 Å². The third kappa shape index (κ3) is 6.12. The average molecular weight is 514 g/mol. The fourth-order valence-corrected chi connectivity index (χ4v) is 6.27. The van der Waals surface area contributed by atoms with E-state index in [-0.39, 0.29) is 19.0 Å². The standard InChI is InChI=1S/C26H31N3O6S/c1-4-15-29(21-13-9-6-10-14-21)36(33,34)24(19(3)18(2)16-28-26(31)32)23(30)25-27-17-22(35-25)20-11-7-5-8-12-20/h5-14,17-19,24,28H,4,15-16H2,1-3H3,(H,31,32)/t18-,19?,24-/m0/s1. The van der Waals surface area contributed by atoms with E-state index in [4.69, 9.17) is 9.52 Å². The van der Waals surface area contributed by atoms with Gasteiger partial charge in [0.15, 0.2) is 11.0 Å². The number of hydrogen-bond donors (Lipinski definition) is 2. The van der Waals surface area contributed by atoms with Crippen LogP contribution in [0.25, 0.3) is 11.3 Å². The molecule has 0 aliphatic carbocycles. The number of amides is 1. The summed E-state index contributed by atoms with van der Waals surface area (Å²) in [5.41, 5.74) is 1.14. The lowest BCUT2D eigenvalue weighted by molar-refractivity contribution is 0.0923. The SMILES string of the molecule is CCCN(c1ccccc1)S(=O)(=O)[C@H](C(=O)c1ncc(-c2ccccc2)o1)C(C)[C@@H](C)CNC(=O)O. The molecule has 3 atom stereocenters. The summed E-state index contributed by atoms with van der Waals surface area (Å²) in [4.78, 5) is 28.9. The van der Waals surface area contributed by atoms with E-state index in [9.17, 15) is 18.0 Å². The highest BCUT2D eigenvalue weighted by molar-refractivity contribution is 7.94. The number of oxazole rings is 1. The summed E-state index contributed by atoms with van der Waals surface area (Å²) in [7, 11) is -4.26. The second kappa shape index (κ2) is 11.9. The number of para-hydroxylation sites is 1. The number of carboxylic acid groups (broad SMARTS) is 1. The molecule has 9 nitrogen and oxygen atoms in total. The summed E-state index contributed by atoms with van der Waals surface area (Å²) in [6.07, 6.45) is 0.696. The summed E-state index contributed by atoms with van der Waals surface area (Å²) in [6, 6.07) is 17.6. The van der Waals surface area contributed by atoms with Crippen LogP contribution >= 0.6 is 0 Å². The normalized spacial score (nSPS) is 14.0. The minimum absolute atomic E-state index is 0.0181. The number of hydrogen-bond acceptors (Lipinski definition) is 6. The van der Waals surface area contributed by atoms with Gasteiger partial charge in [0.25, 0.3) is 5.89 Å². The van der Waals surface area contributed by atoms with E-state index in [2.05, 4.69) is 10.3 Å². The van der Waals surface area contributed by atoms with Gasteiger partial charge in [-0.05, 0) is 30.4 Å². The molecule has 192 valence electrons. The monoisotopic (exact) mass is 513 g/mol. The second-order valence-corrected chi connectivity index (χ2v) is 10.6. The topological polar surface area (TPSA) is 130 Å². The first kappa shape index (κ1) is 26.9. The van der Waals surface area contributed by atoms with Crippen LogP contribution in [0.15, 0.2) is 71.3 Å². The third-order valence-electron chi connectivity index (χ3n) is 6.08. The van der Waals surface area contributed by atoms with E-state index in [1.165, 1.54) is 10.5 Å². The van der Waals surface area contributed by atoms with Crippen LogP contribution in [-0.2, 0) is 10.0 Å². The molecule has 2 N–H and O–H groups in total. The van der Waals surface area contributed by atoms with Crippen LogP contribution in [0.4, 0.5) is 10.5 Å². The molecule has 1 unspecified atom stereocenters. The number of aromatic nitrogens is 1. The highest BCUT2D eigenvalue weighted by Crippen LogP contribution is 2.31. The molecule has 1 amide bonds. The Morgan fingerprint density at radius 2 is 1.67 bits per heavy atom. The molecule has 36 heavy (non-hydrogen) atoms. The maximum absolute atomic E-state index is 14.1. The number of rotatable bonds is 12. The molecule has 3 aromatic rings. The van der Waals surface area contributed by atoms with Crippen molar-refractivity contribution in [3.8, 4) is 11.3 Å². The Hall–Kier alpha value is -3.66. The summed E-state index contributed by atoms with van der Waals surface area (Å²) in [6.45, 7) is 5.34. The molecular weight excluding hydrogens is 482 g/mol. The quantitative estimate of drug-likeness (QED) is 0.336. The fraction of sp³-hybridized carbons (Fsp3) is 0.346. The Labute approximate surface area is 211 Å².